The highest BCUT2D eigenvalue weighted by Crippen LogP contribution is 2.36. The number of benzene rings is 3. The fourth-order valence-corrected chi connectivity index (χ4v) is 2.66. The van der Waals surface area contributed by atoms with Crippen molar-refractivity contribution in [3.63, 3.8) is 0 Å². The van der Waals surface area contributed by atoms with Gasteiger partial charge in [0, 0.05) is 17.7 Å². The van der Waals surface area contributed by atoms with E-state index in [0.29, 0.717) is 39.3 Å². The van der Waals surface area contributed by atoms with Gasteiger partial charge in [-0.1, -0.05) is 11.6 Å². The topological polar surface area (TPSA) is 56.8 Å². The van der Waals surface area contributed by atoms with Crippen LogP contribution < -0.4 is 19.5 Å². The summed E-state index contributed by atoms with van der Waals surface area (Å²) in [5.74, 6) is 1.25. The Bertz CT molecular complexity index is 975. The molecule has 3 aromatic carbocycles. The highest BCUT2D eigenvalue weighted by molar-refractivity contribution is 6.34. The van der Waals surface area contributed by atoms with Gasteiger partial charge in [0.25, 0.3) is 5.91 Å². The third-order valence-electron chi connectivity index (χ3n) is 3.89. The van der Waals surface area contributed by atoms with Gasteiger partial charge >= 0.3 is 0 Å². The molecule has 1 amide bonds. The highest BCUT2D eigenvalue weighted by Gasteiger charge is 2.13. The number of hydrogen-bond acceptors (Lipinski definition) is 4. The van der Waals surface area contributed by atoms with Gasteiger partial charge in [0.2, 0.25) is 0 Å². The van der Waals surface area contributed by atoms with Crippen LogP contribution in [0.25, 0.3) is 0 Å². The number of methoxy groups -OCH3 is 2. The first kappa shape index (κ1) is 19.5. The largest absolute Gasteiger partial charge is 0.493 e. The smallest absolute Gasteiger partial charge is 0.255 e. The maximum Gasteiger partial charge on any atom is 0.255 e. The molecule has 3 aromatic rings. The molecule has 0 aliphatic heterocycles. The first-order chi connectivity index (χ1) is 13.5. The zero-order chi connectivity index (χ0) is 20.1. The molecule has 0 aliphatic carbocycles. The van der Waals surface area contributed by atoms with Gasteiger partial charge in [-0.25, -0.2) is 4.39 Å². The second kappa shape index (κ2) is 8.63. The minimum atomic E-state index is -0.345. The monoisotopic (exact) mass is 401 g/mol. The number of amides is 1. The average molecular weight is 402 g/mol. The fourth-order valence-electron chi connectivity index (χ4n) is 2.46. The minimum absolute atomic E-state index is 0.322. The Balaban J connectivity index is 1.72. The predicted molar refractivity (Wildman–Crippen MR) is 105 cm³/mol. The molecule has 3 rings (SSSR count). The van der Waals surface area contributed by atoms with Crippen LogP contribution in [0.3, 0.4) is 0 Å². The number of nitrogens with one attached hydrogen (secondary N) is 1. The summed E-state index contributed by atoms with van der Waals surface area (Å²) in [6.45, 7) is 0. The molecule has 0 atom stereocenters. The summed E-state index contributed by atoms with van der Waals surface area (Å²) in [6.07, 6.45) is 0. The molecule has 144 valence electrons. The Morgan fingerprint density at radius 1 is 0.893 bits per heavy atom. The van der Waals surface area contributed by atoms with E-state index in [2.05, 4.69) is 5.32 Å². The van der Waals surface area contributed by atoms with Crippen LogP contribution in [0.2, 0.25) is 5.02 Å². The lowest BCUT2D eigenvalue weighted by molar-refractivity contribution is 0.102. The lowest BCUT2D eigenvalue weighted by Crippen LogP contribution is -2.12. The van der Waals surface area contributed by atoms with E-state index in [9.17, 15) is 9.18 Å². The van der Waals surface area contributed by atoms with Crippen LogP contribution in [0.4, 0.5) is 10.1 Å². The van der Waals surface area contributed by atoms with E-state index in [1.807, 2.05) is 0 Å². The average Bonchev–Trinajstić information content (AvgIpc) is 2.71. The van der Waals surface area contributed by atoms with E-state index in [4.69, 9.17) is 25.8 Å². The molecule has 1 N–H and O–H groups in total. The Hall–Kier alpha value is -3.25. The molecule has 0 saturated carbocycles. The molecular weight excluding hydrogens is 385 g/mol. The SMILES string of the molecule is COc1cc(Cl)c(NC(=O)c2ccc(Oc3ccc(F)cc3)cc2)cc1OC. The Morgan fingerprint density at radius 2 is 1.43 bits per heavy atom. The van der Waals surface area contributed by atoms with Crippen molar-refractivity contribution in [3.05, 3.63) is 77.1 Å². The summed E-state index contributed by atoms with van der Waals surface area (Å²) in [5, 5.41) is 3.06. The summed E-state index contributed by atoms with van der Waals surface area (Å²) >= 11 is 6.20. The van der Waals surface area contributed by atoms with Gasteiger partial charge in [0.05, 0.1) is 24.9 Å². The summed E-state index contributed by atoms with van der Waals surface area (Å²) in [6, 6.07) is 15.3. The molecule has 0 aromatic heterocycles. The van der Waals surface area contributed by atoms with Gasteiger partial charge < -0.3 is 19.5 Å². The second-order valence-electron chi connectivity index (χ2n) is 5.72. The molecule has 0 unspecified atom stereocenters. The second-order valence-corrected chi connectivity index (χ2v) is 6.13. The molecule has 5 nitrogen and oxygen atoms in total. The van der Waals surface area contributed by atoms with Crippen molar-refractivity contribution >= 4 is 23.2 Å². The summed E-state index contributed by atoms with van der Waals surface area (Å²) in [7, 11) is 3.00. The van der Waals surface area contributed by atoms with Crippen molar-refractivity contribution in [2.45, 2.75) is 0 Å². The number of ether oxygens (including phenoxy) is 3. The molecule has 0 saturated heterocycles. The van der Waals surface area contributed by atoms with Crippen molar-refractivity contribution in [2.24, 2.45) is 0 Å². The van der Waals surface area contributed by atoms with Gasteiger partial charge in [-0.3, -0.25) is 4.79 Å². The number of halogens is 2. The lowest BCUT2D eigenvalue weighted by Gasteiger charge is -2.13. The molecule has 0 spiro atoms. The van der Waals surface area contributed by atoms with Crippen LogP contribution in [0, 0.1) is 5.82 Å². The summed E-state index contributed by atoms with van der Waals surface area (Å²) in [5.41, 5.74) is 0.813. The standard InChI is InChI=1S/C21H17ClFNO4/c1-26-19-11-17(22)18(12-20(19)27-2)24-21(25)13-3-7-15(8-4-13)28-16-9-5-14(23)6-10-16/h3-12H,1-2H3,(H,24,25). The van der Waals surface area contributed by atoms with Crippen molar-refractivity contribution in [2.75, 3.05) is 19.5 Å². The van der Waals surface area contributed by atoms with E-state index < -0.39 is 0 Å². The van der Waals surface area contributed by atoms with Crippen molar-refractivity contribution in [3.8, 4) is 23.0 Å². The number of anilines is 1. The highest BCUT2D eigenvalue weighted by atomic mass is 35.5. The summed E-state index contributed by atoms with van der Waals surface area (Å²) in [4.78, 5) is 12.5. The van der Waals surface area contributed by atoms with Crippen LogP contribution >= 0.6 is 11.6 Å². The quantitative estimate of drug-likeness (QED) is 0.589. The lowest BCUT2D eigenvalue weighted by atomic mass is 10.2. The van der Waals surface area contributed by atoms with Crippen LogP contribution in [-0.4, -0.2) is 20.1 Å². The first-order valence-electron chi connectivity index (χ1n) is 8.26. The Labute approximate surface area is 166 Å². The van der Waals surface area contributed by atoms with E-state index in [1.165, 1.54) is 38.5 Å². The molecule has 0 fully saturated rings. The van der Waals surface area contributed by atoms with Crippen LogP contribution in [0.15, 0.2) is 60.7 Å². The Kier molecular flexibility index (Phi) is 6.01. The molecule has 0 radical (unpaired) electrons. The maximum atomic E-state index is 12.9. The van der Waals surface area contributed by atoms with Gasteiger partial charge in [-0.2, -0.15) is 0 Å². The maximum absolute atomic E-state index is 12.9. The molecule has 0 aliphatic rings. The normalized spacial score (nSPS) is 10.3. The molecule has 0 heterocycles. The van der Waals surface area contributed by atoms with E-state index >= 15 is 0 Å². The van der Waals surface area contributed by atoms with Crippen LogP contribution in [0.5, 0.6) is 23.0 Å². The fraction of sp³-hybridized carbons (Fsp3) is 0.0952. The number of hydrogen-bond donors (Lipinski definition) is 1. The summed E-state index contributed by atoms with van der Waals surface area (Å²) < 4.78 is 28.9. The van der Waals surface area contributed by atoms with E-state index in [-0.39, 0.29) is 11.7 Å². The van der Waals surface area contributed by atoms with Crippen molar-refractivity contribution in [1.82, 2.24) is 0 Å². The zero-order valence-electron chi connectivity index (χ0n) is 15.2. The van der Waals surface area contributed by atoms with Gasteiger partial charge in [0.15, 0.2) is 11.5 Å². The molecule has 0 bridgehead atoms. The van der Waals surface area contributed by atoms with E-state index in [1.54, 1.807) is 36.4 Å². The van der Waals surface area contributed by atoms with Gasteiger partial charge in [0.1, 0.15) is 17.3 Å². The first-order valence-corrected chi connectivity index (χ1v) is 8.64. The van der Waals surface area contributed by atoms with Crippen LogP contribution in [-0.2, 0) is 0 Å². The molecule has 28 heavy (non-hydrogen) atoms. The number of carbonyl (C=O) groups excluding carboxylic acids is 1. The zero-order valence-corrected chi connectivity index (χ0v) is 15.9. The Morgan fingerprint density at radius 3 is 2.00 bits per heavy atom. The number of carbonyl (C=O) groups is 1. The van der Waals surface area contributed by atoms with E-state index in [0.717, 1.165) is 0 Å². The third-order valence-corrected chi connectivity index (χ3v) is 4.20. The number of rotatable bonds is 6. The minimum Gasteiger partial charge on any atom is -0.493 e. The van der Waals surface area contributed by atoms with Gasteiger partial charge in [-0.05, 0) is 48.5 Å². The molecule has 7 heteroatoms. The van der Waals surface area contributed by atoms with Crippen molar-refractivity contribution < 1.29 is 23.4 Å². The van der Waals surface area contributed by atoms with Crippen LogP contribution in [0.1, 0.15) is 10.4 Å². The van der Waals surface area contributed by atoms with Gasteiger partial charge in [-0.15, -0.1) is 0 Å². The molecular formula is C21H17ClFNO4. The predicted octanol–water partition coefficient (Wildman–Crippen LogP) is 5.54. The van der Waals surface area contributed by atoms with Crippen molar-refractivity contribution in [1.29, 1.82) is 0 Å². The third kappa shape index (κ3) is 4.53.